The zero-order valence-electron chi connectivity index (χ0n) is 14.5. The largest absolute Gasteiger partial charge is 0.370 e. The summed E-state index contributed by atoms with van der Waals surface area (Å²) in [4.78, 5) is 8.89. The molecule has 0 saturated heterocycles. The van der Waals surface area contributed by atoms with Gasteiger partial charge in [0.15, 0.2) is 0 Å². The molecule has 0 unspecified atom stereocenters. The first-order chi connectivity index (χ1) is 12.2. The fraction of sp³-hybridized carbons (Fsp3) is 0.350. The molecule has 0 radical (unpaired) electrons. The lowest BCUT2D eigenvalue weighted by Crippen LogP contribution is -2.08. The average Bonchev–Trinajstić information content (AvgIpc) is 2.63. The molecule has 1 aliphatic carbocycles. The SMILES string of the molecule is Cc1nc(NCCC2=CCCCC2)cc(Nc2ccc(C#N)cc2)n1. The summed E-state index contributed by atoms with van der Waals surface area (Å²) in [6, 6.07) is 11.4. The van der Waals surface area contributed by atoms with E-state index in [9.17, 15) is 0 Å². The smallest absolute Gasteiger partial charge is 0.136 e. The molecule has 2 N–H and O–H groups in total. The number of allylic oxidation sites excluding steroid dienone is 1. The number of nitrogens with zero attached hydrogens (tertiary/aromatic N) is 3. The number of aryl methyl sites for hydroxylation is 1. The lowest BCUT2D eigenvalue weighted by Gasteiger charge is -2.14. The maximum absolute atomic E-state index is 8.86. The van der Waals surface area contributed by atoms with Gasteiger partial charge in [0.05, 0.1) is 11.6 Å². The summed E-state index contributed by atoms with van der Waals surface area (Å²) >= 11 is 0. The Hall–Kier alpha value is -2.87. The topological polar surface area (TPSA) is 73.6 Å². The molecular weight excluding hydrogens is 310 g/mol. The molecule has 0 fully saturated rings. The summed E-state index contributed by atoms with van der Waals surface area (Å²) in [5.74, 6) is 2.30. The van der Waals surface area contributed by atoms with Crippen LogP contribution in [0.1, 0.15) is 43.5 Å². The second-order valence-electron chi connectivity index (χ2n) is 6.28. The van der Waals surface area contributed by atoms with Gasteiger partial charge in [-0.15, -0.1) is 0 Å². The van der Waals surface area contributed by atoms with Crippen molar-refractivity contribution in [2.45, 2.75) is 39.0 Å². The molecule has 0 atom stereocenters. The van der Waals surface area contributed by atoms with Crippen molar-refractivity contribution < 1.29 is 0 Å². The van der Waals surface area contributed by atoms with Gasteiger partial charge >= 0.3 is 0 Å². The Kier molecular flexibility index (Phi) is 5.63. The Bertz CT molecular complexity index is 787. The first kappa shape index (κ1) is 17.0. The van der Waals surface area contributed by atoms with E-state index in [4.69, 9.17) is 5.26 Å². The number of rotatable bonds is 6. The Labute approximate surface area is 148 Å². The summed E-state index contributed by atoms with van der Waals surface area (Å²) in [5, 5.41) is 15.5. The molecule has 1 aromatic heterocycles. The third-order valence-electron chi connectivity index (χ3n) is 4.26. The van der Waals surface area contributed by atoms with Crippen molar-refractivity contribution in [2.75, 3.05) is 17.2 Å². The van der Waals surface area contributed by atoms with Crippen molar-refractivity contribution in [1.29, 1.82) is 5.26 Å². The van der Waals surface area contributed by atoms with Crippen LogP contribution in [0.25, 0.3) is 0 Å². The number of nitrogens with one attached hydrogen (secondary N) is 2. The first-order valence-corrected chi connectivity index (χ1v) is 8.77. The normalized spacial score (nSPS) is 13.7. The summed E-state index contributed by atoms with van der Waals surface area (Å²) in [5.41, 5.74) is 3.10. The molecule has 25 heavy (non-hydrogen) atoms. The predicted octanol–water partition coefficient (Wildman–Crippen LogP) is 4.70. The number of hydrogen-bond acceptors (Lipinski definition) is 5. The van der Waals surface area contributed by atoms with Gasteiger partial charge in [0, 0.05) is 18.3 Å². The summed E-state index contributed by atoms with van der Waals surface area (Å²) in [7, 11) is 0. The van der Waals surface area contributed by atoms with Gasteiger partial charge in [0.1, 0.15) is 17.5 Å². The molecule has 0 amide bonds. The van der Waals surface area contributed by atoms with Crippen LogP contribution in [-0.4, -0.2) is 16.5 Å². The summed E-state index contributed by atoms with van der Waals surface area (Å²) < 4.78 is 0. The molecule has 5 heteroatoms. The van der Waals surface area contributed by atoms with Gasteiger partial charge in [-0.05, 0) is 63.3 Å². The minimum atomic E-state index is 0.642. The fourth-order valence-corrected chi connectivity index (χ4v) is 2.98. The van der Waals surface area contributed by atoms with E-state index in [1.165, 1.54) is 25.7 Å². The lowest BCUT2D eigenvalue weighted by molar-refractivity contribution is 0.679. The quantitative estimate of drug-likeness (QED) is 0.749. The molecule has 2 aromatic rings. The first-order valence-electron chi connectivity index (χ1n) is 8.77. The number of aromatic nitrogens is 2. The number of anilines is 3. The van der Waals surface area contributed by atoms with E-state index < -0.39 is 0 Å². The third kappa shape index (κ3) is 5.05. The van der Waals surface area contributed by atoms with E-state index in [2.05, 4.69) is 32.7 Å². The van der Waals surface area contributed by atoms with E-state index in [1.807, 2.05) is 25.1 Å². The highest BCUT2D eigenvalue weighted by molar-refractivity contribution is 5.60. The van der Waals surface area contributed by atoms with Crippen molar-refractivity contribution in [3.8, 4) is 6.07 Å². The zero-order valence-corrected chi connectivity index (χ0v) is 14.5. The maximum atomic E-state index is 8.86. The highest BCUT2D eigenvalue weighted by Crippen LogP contribution is 2.21. The fourth-order valence-electron chi connectivity index (χ4n) is 2.98. The summed E-state index contributed by atoms with van der Waals surface area (Å²) in [6.45, 7) is 2.78. The molecule has 0 spiro atoms. The van der Waals surface area contributed by atoms with Crippen molar-refractivity contribution >= 4 is 17.3 Å². The molecule has 0 bridgehead atoms. The van der Waals surface area contributed by atoms with Crippen molar-refractivity contribution in [1.82, 2.24) is 9.97 Å². The molecule has 3 rings (SSSR count). The predicted molar refractivity (Wildman–Crippen MR) is 101 cm³/mol. The van der Waals surface area contributed by atoms with Crippen molar-refractivity contribution in [3.63, 3.8) is 0 Å². The lowest BCUT2D eigenvalue weighted by atomic mass is 9.97. The Morgan fingerprint density at radius 2 is 1.92 bits per heavy atom. The van der Waals surface area contributed by atoms with Crippen LogP contribution in [0.5, 0.6) is 0 Å². The van der Waals surface area contributed by atoms with Gasteiger partial charge in [0.25, 0.3) is 0 Å². The van der Waals surface area contributed by atoms with E-state index in [-0.39, 0.29) is 0 Å². The molecule has 1 aliphatic rings. The van der Waals surface area contributed by atoms with Crippen LogP contribution < -0.4 is 10.6 Å². The summed E-state index contributed by atoms with van der Waals surface area (Å²) in [6.07, 6.45) is 8.55. The minimum Gasteiger partial charge on any atom is -0.370 e. The average molecular weight is 333 g/mol. The molecule has 128 valence electrons. The third-order valence-corrected chi connectivity index (χ3v) is 4.26. The molecule has 1 aromatic carbocycles. The van der Waals surface area contributed by atoms with E-state index in [0.29, 0.717) is 5.56 Å². The molecule has 1 heterocycles. The van der Waals surface area contributed by atoms with Crippen LogP contribution in [0.2, 0.25) is 0 Å². The Morgan fingerprint density at radius 1 is 1.12 bits per heavy atom. The highest BCUT2D eigenvalue weighted by Gasteiger charge is 2.05. The maximum Gasteiger partial charge on any atom is 0.136 e. The monoisotopic (exact) mass is 333 g/mol. The number of benzene rings is 1. The van der Waals surface area contributed by atoms with E-state index >= 15 is 0 Å². The van der Waals surface area contributed by atoms with Crippen LogP contribution in [0, 0.1) is 18.3 Å². The number of nitriles is 1. The standard InChI is InChI=1S/C20H23N5/c1-15-23-19(22-12-11-16-5-3-2-4-6-16)13-20(24-15)25-18-9-7-17(14-21)8-10-18/h5,7-10,13H,2-4,6,11-12H2,1H3,(H2,22,23,24,25). The van der Waals surface area contributed by atoms with E-state index in [1.54, 1.807) is 17.7 Å². The van der Waals surface area contributed by atoms with Gasteiger partial charge in [-0.25, -0.2) is 9.97 Å². The van der Waals surface area contributed by atoms with Gasteiger partial charge in [-0.1, -0.05) is 11.6 Å². The van der Waals surface area contributed by atoms with Crippen molar-refractivity contribution in [3.05, 3.63) is 53.4 Å². The van der Waals surface area contributed by atoms with Crippen molar-refractivity contribution in [2.24, 2.45) is 0 Å². The van der Waals surface area contributed by atoms with Gasteiger partial charge in [-0.2, -0.15) is 5.26 Å². The van der Waals surface area contributed by atoms with Crippen LogP contribution in [0.15, 0.2) is 42.0 Å². The van der Waals surface area contributed by atoms with Gasteiger partial charge < -0.3 is 10.6 Å². The highest BCUT2D eigenvalue weighted by atomic mass is 15.1. The molecular formula is C20H23N5. The van der Waals surface area contributed by atoms with Crippen LogP contribution in [-0.2, 0) is 0 Å². The minimum absolute atomic E-state index is 0.642. The number of hydrogen-bond donors (Lipinski definition) is 2. The van der Waals surface area contributed by atoms with Gasteiger partial charge in [0.2, 0.25) is 0 Å². The second-order valence-corrected chi connectivity index (χ2v) is 6.28. The second kappa shape index (κ2) is 8.29. The Balaban J connectivity index is 1.61. The van der Waals surface area contributed by atoms with Crippen LogP contribution in [0.4, 0.5) is 17.3 Å². The van der Waals surface area contributed by atoms with Crippen LogP contribution in [0.3, 0.4) is 0 Å². The molecule has 0 aliphatic heterocycles. The molecule has 5 nitrogen and oxygen atoms in total. The van der Waals surface area contributed by atoms with E-state index in [0.717, 1.165) is 36.1 Å². The molecule has 0 saturated carbocycles. The zero-order chi connectivity index (χ0) is 17.5. The van der Waals surface area contributed by atoms with Crippen LogP contribution >= 0.6 is 0 Å². The van der Waals surface area contributed by atoms with Gasteiger partial charge in [-0.3, -0.25) is 0 Å². The Morgan fingerprint density at radius 3 is 2.64 bits per heavy atom.